The van der Waals surface area contributed by atoms with E-state index in [1.807, 2.05) is 0 Å². The van der Waals surface area contributed by atoms with Gasteiger partial charge in [0.15, 0.2) is 0 Å². The molecule has 1 aromatic rings. The van der Waals surface area contributed by atoms with Crippen LogP contribution < -0.4 is 5.32 Å². The molecular formula is C13H19N. The Kier molecular flexibility index (Phi) is 4.24. The Hall–Kier alpha value is -1.24. The smallest absolute Gasteiger partial charge is 0.0384 e. The van der Waals surface area contributed by atoms with Gasteiger partial charge in [0, 0.05) is 11.4 Å². The lowest BCUT2D eigenvalue weighted by atomic mass is 10.1. The van der Waals surface area contributed by atoms with Gasteiger partial charge in [-0.25, -0.2) is 0 Å². The fourth-order valence-corrected chi connectivity index (χ4v) is 1.45. The van der Waals surface area contributed by atoms with E-state index < -0.39 is 0 Å². The summed E-state index contributed by atoms with van der Waals surface area (Å²) in [4.78, 5) is 0. The lowest BCUT2D eigenvalue weighted by Crippen LogP contribution is -1.95. The van der Waals surface area contributed by atoms with Crippen LogP contribution in [0.3, 0.4) is 0 Å². The standard InChI is InChI=1S/C13H19N/c1-4-7-11(3)14-13-9-6-8-12(5-2)10-13/h6-10,14H,4-5H2,1-3H3/b11-7-. The Bertz CT molecular complexity index is 313. The molecule has 0 heterocycles. The van der Waals surface area contributed by atoms with Crippen LogP contribution in [0.4, 0.5) is 5.69 Å². The first-order chi connectivity index (χ1) is 6.76. The molecule has 0 aliphatic rings. The van der Waals surface area contributed by atoms with Crippen LogP contribution >= 0.6 is 0 Å². The first kappa shape index (κ1) is 10.8. The molecule has 14 heavy (non-hydrogen) atoms. The molecule has 1 nitrogen and oxygen atoms in total. The summed E-state index contributed by atoms with van der Waals surface area (Å²) in [5, 5.41) is 3.38. The zero-order chi connectivity index (χ0) is 10.4. The topological polar surface area (TPSA) is 12.0 Å². The number of aryl methyl sites for hydroxylation is 1. The molecule has 1 aromatic carbocycles. The van der Waals surface area contributed by atoms with Crippen LogP contribution in [0.15, 0.2) is 36.0 Å². The van der Waals surface area contributed by atoms with Crippen LogP contribution in [0, 0.1) is 0 Å². The minimum atomic E-state index is 1.08. The third-order valence-electron chi connectivity index (χ3n) is 2.19. The molecule has 0 radical (unpaired) electrons. The SMILES string of the molecule is CC/C=C(/C)Nc1cccc(CC)c1. The van der Waals surface area contributed by atoms with Crippen molar-refractivity contribution in [2.75, 3.05) is 5.32 Å². The molecule has 1 rings (SSSR count). The van der Waals surface area contributed by atoms with E-state index in [0.717, 1.165) is 12.8 Å². The average molecular weight is 189 g/mol. The fraction of sp³-hybridized carbons (Fsp3) is 0.385. The maximum Gasteiger partial charge on any atom is 0.0384 e. The van der Waals surface area contributed by atoms with E-state index in [4.69, 9.17) is 0 Å². The van der Waals surface area contributed by atoms with Gasteiger partial charge in [0.2, 0.25) is 0 Å². The number of anilines is 1. The van der Waals surface area contributed by atoms with Crippen molar-refractivity contribution in [3.05, 3.63) is 41.6 Å². The molecule has 0 saturated carbocycles. The minimum absolute atomic E-state index is 1.08. The lowest BCUT2D eigenvalue weighted by molar-refractivity contribution is 1.14. The second kappa shape index (κ2) is 5.48. The molecule has 0 aliphatic heterocycles. The Morgan fingerprint density at radius 2 is 2.14 bits per heavy atom. The first-order valence-corrected chi connectivity index (χ1v) is 5.29. The monoisotopic (exact) mass is 189 g/mol. The Balaban J connectivity index is 2.71. The Morgan fingerprint density at radius 1 is 1.36 bits per heavy atom. The van der Waals surface area contributed by atoms with Crippen molar-refractivity contribution in [2.45, 2.75) is 33.6 Å². The highest BCUT2D eigenvalue weighted by atomic mass is 14.9. The molecule has 0 unspecified atom stereocenters. The summed E-state index contributed by atoms with van der Waals surface area (Å²) in [6.07, 6.45) is 4.36. The largest absolute Gasteiger partial charge is 0.359 e. The summed E-state index contributed by atoms with van der Waals surface area (Å²) in [6.45, 7) is 6.42. The van der Waals surface area contributed by atoms with Crippen LogP contribution in [0.1, 0.15) is 32.8 Å². The van der Waals surface area contributed by atoms with E-state index in [2.05, 4.69) is 56.4 Å². The van der Waals surface area contributed by atoms with Gasteiger partial charge in [-0.2, -0.15) is 0 Å². The molecule has 0 amide bonds. The van der Waals surface area contributed by atoms with Crippen molar-refractivity contribution in [1.82, 2.24) is 0 Å². The molecule has 0 aliphatic carbocycles. The molecule has 0 atom stereocenters. The van der Waals surface area contributed by atoms with E-state index >= 15 is 0 Å². The number of nitrogens with one attached hydrogen (secondary N) is 1. The second-order valence-corrected chi connectivity index (χ2v) is 3.47. The highest BCUT2D eigenvalue weighted by molar-refractivity contribution is 5.49. The molecule has 0 spiro atoms. The molecule has 1 heteroatoms. The Morgan fingerprint density at radius 3 is 2.79 bits per heavy atom. The van der Waals surface area contributed by atoms with Crippen molar-refractivity contribution >= 4 is 5.69 Å². The van der Waals surface area contributed by atoms with Crippen molar-refractivity contribution in [2.24, 2.45) is 0 Å². The summed E-state index contributed by atoms with van der Waals surface area (Å²) >= 11 is 0. The number of hydrogen-bond acceptors (Lipinski definition) is 1. The van der Waals surface area contributed by atoms with Crippen LogP contribution in [0.2, 0.25) is 0 Å². The second-order valence-electron chi connectivity index (χ2n) is 3.47. The van der Waals surface area contributed by atoms with Crippen LogP contribution in [0.5, 0.6) is 0 Å². The minimum Gasteiger partial charge on any atom is -0.359 e. The quantitative estimate of drug-likeness (QED) is 0.755. The van der Waals surface area contributed by atoms with Crippen LogP contribution in [-0.2, 0) is 6.42 Å². The maximum absolute atomic E-state index is 3.38. The van der Waals surface area contributed by atoms with Crippen LogP contribution in [-0.4, -0.2) is 0 Å². The first-order valence-electron chi connectivity index (χ1n) is 5.29. The molecule has 0 bridgehead atoms. The summed E-state index contributed by atoms with van der Waals surface area (Å²) in [5.41, 5.74) is 3.78. The number of benzene rings is 1. The van der Waals surface area contributed by atoms with Gasteiger partial charge in [-0.1, -0.05) is 32.1 Å². The van der Waals surface area contributed by atoms with Gasteiger partial charge < -0.3 is 5.32 Å². The average Bonchev–Trinajstić information content (AvgIpc) is 2.18. The molecule has 1 N–H and O–H groups in total. The fourth-order valence-electron chi connectivity index (χ4n) is 1.45. The third kappa shape index (κ3) is 3.25. The highest BCUT2D eigenvalue weighted by Crippen LogP contribution is 2.13. The van der Waals surface area contributed by atoms with Crippen LogP contribution in [0.25, 0.3) is 0 Å². The Labute approximate surface area is 86.8 Å². The molecule has 0 aromatic heterocycles. The van der Waals surface area contributed by atoms with E-state index in [1.54, 1.807) is 0 Å². The lowest BCUT2D eigenvalue weighted by Gasteiger charge is -2.07. The number of hydrogen-bond donors (Lipinski definition) is 1. The van der Waals surface area contributed by atoms with E-state index in [1.165, 1.54) is 16.9 Å². The normalized spacial score (nSPS) is 11.5. The van der Waals surface area contributed by atoms with Crippen molar-refractivity contribution in [3.8, 4) is 0 Å². The van der Waals surface area contributed by atoms with Gasteiger partial charge >= 0.3 is 0 Å². The summed E-state index contributed by atoms with van der Waals surface area (Å²) in [6, 6.07) is 8.56. The van der Waals surface area contributed by atoms with Gasteiger partial charge in [0.1, 0.15) is 0 Å². The van der Waals surface area contributed by atoms with Gasteiger partial charge in [-0.05, 0) is 37.5 Å². The van der Waals surface area contributed by atoms with Gasteiger partial charge in [-0.3, -0.25) is 0 Å². The zero-order valence-electron chi connectivity index (χ0n) is 9.30. The maximum atomic E-state index is 3.38. The van der Waals surface area contributed by atoms with Gasteiger partial charge in [0.25, 0.3) is 0 Å². The zero-order valence-corrected chi connectivity index (χ0v) is 9.30. The van der Waals surface area contributed by atoms with E-state index in [-0.39, 0.29) is 0 Å². The summed E-state index contributed by atoms with van der Waals surface area (Å²) < 4.78 is 0. The highest BCUT2D eigenvalue weighted by Gasteiger charge is 1.93. The predicted octanol–water partition coefficient (Wildman–Crippen LogP) is 3.97. The number of rotatable bonds is 4. The molecular weight excluding hydrogens is 170 g/mol. The summed E-state index contributed by atoms with van der Waals surface area (Å²) in [7, 11) is 0. The molecule has 0 saturated heterocycles. The van der Waals surface area contributed by atoms with E-state index in [0.29, 0.717) is 0 Å². The van der Waals surface area contributed by atoms with Gasteiger partial charge in [-0.15, -0.1) is 0 Å². The van der Waals surface area contributed by atoms with E-state index in [9.17, 15) is 0 Å². The van der Waals surface area contributed by atoms with Gasteiger partial charge in [0.05, 0.1) is 0 Å². The molecule has 0 fully saturated rings. The van der Waals surface area contributed by atoms with Crippen molar-refractivity contribution in [3.63, 3.8) is 0 Å². The predicted molar refractivity (Wildman–Crippen MR) is 63.5 cm³/mol. The summed E-state index contributed by atoms with van der Waals surface area (Å²) in [5.74, 6) is 0. The number of allylic oxidation sites excluding steroid dienone is 2. The third-order valence-corrected chi connectivity index (χ3v) is 2.19. The van der Waals surface area contributed by atoms with Crippen molar-refractivity contribution < 1.29 is 0 Å². The van der Waals surface area contributed by atoms with Crippen molar-refractivity contribution in [1.29, 1.82) is 0 Å². The molecule has 76 valence electrons.